The van der Waals surface area contributed by atoms with Gasteiger partial charge in [-0.2, -0.15) is 0 Å². The van der Waals surface area contributed by atoms with E-state index < -0.39 is 0 Å². The van der Waals surface area contributed by atoms with Crippen molar-refractivity contribution in [1.29, 1.82) is 0 Å². The molecule has 0 radical (unpaired) electrons. The van der Waals surface area contributed by atoms with Gasteiger partial charge < -0.3 is 9.64 Å². The van der Waals surface area contributed by atoms with E-state index >= 15 is 0 Å². The van der Waals surface area contributed by atoms with Crippen LogP contribution in [-0.2, 0) is 6.54 Å². The molecule has 0 saturated heterocycles. The van der Waals surface area contributed by atoms with Crippen LogP contribution < -0.4 is 4.74 Å². The molecule has 2 nitrogen and oxygen atoms in total. The summed E-state index contributed by atoms with van der Waals surface area (Å²) in [4.78, 5) is 2.15. The van der Waals surface area contributed by atoms with Crippen LogP contribution in [0.15, 0.2) is 24.3 Å². The minimum Gasteiger partial charge on any atom is -0.493 e. The topological polar surface area (TPSA) is 12.5 Å². The first kappa shape index (κ1) is 12.1. The average Bonchev–Trinajstić information content (AvgIpc) is 2.20. The summed E-state index contributed by atoms with van der Waals surface area (Å²) < 4.78 is 5.75. The lowest BCUT2D eigenvalue weighted by atomic mass is 10.2. The summed E-state index contributed by atoms with van der Waals surface area (Å²) in [5, 5.41) is 0. The number of rotatable bonds is 6. The molecule has 0 amide bonds. The van der Waals surface area contributed by atoms with Gasteiger partial charge in [-0.1, -0.05) is 31.5 Å². The molecule has 0 N–H and O–H groups in total. The molecular formula is C13H21NO. The van der Waals surface area contributed by atoms with Gasteiger partial charge in [-0.3, -0.25) is 0 Å². The highest BCUT2D eigenvalue weighted by Gasteiger charge is 2.03. The van der Waals surface area contributed by atoms with E-state index in [1.165, 1.54) is 12.0 Å². The first-order chi connectivity index (χ1) is 7.24. The summed E-state index contributed by atoms with van der Waals surface area (Å²) in [7, 11) is 4.14. The summed E-state index contributed by atoms with van der Waals surface area (Å²) in [6, 6.07) is 8.27. The fraction of sp³-hybridized carbons (Fsp3) is 0.538. The van der Waals surface area contributed by atoms with Crippen LogP contribution in [0, 0.1) is 0 Å². The van der Waals surface area contributed by atoms with Gasteiger partial charge in [-0.25, -0.2) is 0 Å². The monoisotopic (exact) mass is 207 g/mol. The number of ether oxygens (including phenoxy) is 1. The Bertz CT molecular complexity index is 284. The Morgan fingerprint density at radius 1 is 1.20 bits per heavy atom. The molecule has 1 aromatic carbocycles. The molecule has 1 aromatic rings. The maximum Gasteiger partial charge on any atom is 0.123 e. The van der Waals surface area contributed by atoms with Gasteiger partial charge in [0.15, 0.2) is 0 Å². The molecule has 1 rings (SSSR count). The molecule has 0 unspecified atom stereocenters. The predicted molar refractivity (Wildman–Crippen MR) is 64.2 cm³/mol. The minimum atomic E-state index is 0.820. The normalized spacial score (nSPS) is 10.7. The van der Waals surface area contributed by atoms with E-state index in [1.54, 1.807) is 0 Å². The van der Waals surface area contributed by atoms with E-state index in [2.05, 4.69) is 44.1 Å². The summed E-state index contributed by atoms with van der Waals surface area (Å²) in [5.41, 5.74) is 1.26. The maximum atomic E-state index is 5.75. The fourth-order valence-corrected chi connectivity index (χ4v) is 1.44. The van der Waals surface area contributed by atoms with Crippen LogP contribution in [0.25, 0.3) is 0 Å². The van der Waals surface area contributed by atoms with Gasteiger partial charge in [0.1, 0.15) is 5.75 Å². The lowest BCUT2D eigenvalue weighted by Gasteiger charge is -2.14. The fourth-order valence-electron chi connectivity index (χ4n) is 1.44. The lowest BCUT2D eigenvalue weighted by Crippen LogP contribution is -2.12. The molecule has 84 valence electrons. The van der Waals surface area contributed by atoms with E-state index in [-0.39, 0.29) is 0 Å². The second-order valence-electron chi connectivity index (χ2n) is 4.05. The summed E-state index contributed by atoms with van der Waals surface area (Å²) in [6.45, 7) is 3.93. The van der Waals surface area contributed by atoms with Crippen LogP contribution in [0.5, 0.6) is 5.75 Å². The molecule has 0 aliphatic rings. The molecule has 0 bridgehead atoms. The van der Waals surface area contributed by atoms with Crippen LogP contribution in [0.4, 0.5) is 0 Å². The Morgan fingerprint density at radius 3 is 2.60 bits per heavy atom. The smallest absolute Gasteiger partial charge is 0.123 e. The number of para-hydroxylation sites is 1. The van der Waals surface area contributed by atoms with E-state index in [9.17, 15) is 0 Å². The molecule has 0 fully saturated rings. The van der Waals surface area contributed by atoms with Crippen molar-refractivity contribution in [3.05, 3.63) is 29.8 Å². The van der Waals surface area contributed by atoms with Crippen LogP contribution >= 0.6 is 0 Å². The number of nitrogens with zero attached hydrogens (tertiary/aromatic N) is 1. The molecule has 0 aliphatic heterocycles. The van der Waals surface area contributed by atoms with Crippen molar-refractivity contribution in [1.82, 2.24) is 4.90 Å². The molecule has 0 spiro atoms. The number of hydrogen-bond donors (Lipinski definition) is 0. The molecule has 0 heterocycles. The molecule has 0 saturated carbocycles. The molecule has 0 atom stereocenters. The zero-order valence-corrected chi connectivity index (χ0v) is 9.99. The van der Waals surface area contributed by atoms with Crippen LogP contribution in [0.1, 0.15) is 25.3 Å². The lowest BCUT2D eigenvalue weighted by molar-refractivity contribution is 0.299. The van der Waals surface area contributed by atoms with Gasteiger partial charge in [-0.05, 0) is 26.6 Å². The molecule has 15 heavy (non-hydrogen) atoms. The SMILES string of the molecule is CCCCOc1ccccc1CN(C)C. The predicted octanol–water partition coefficient (Wildman–Crippen LogP) is 2.93. The van der Waals surface area contributed by atoms with Gasteiger partial charge >= 0.3 is 0 Å². The largest absolute Gasteiger partial charge is 0.493 e. The van der Waals surface area contributed by atoms with Gasteiger partial charge in [0.2, 0.25) is 0 Å². The van der Waals surface area contributed by atoms with Crippen LogP contribution in [0.2, 0.25) is 0 Å². The Morgan fingerprint density at radius 2 is 1.93 bits per heavy atom. The Hall–Kier alpha value is -1.02. The quantitative estimate of drug-likeness (QED) is 0.665. The van der Waals surface area contributed by atoms with Crippen molar-refractivity contribution in [3.63, 3.8) is 0 Å². The summed E-state index contributed by atoms with van der Waals surface area (Å²) >= 11 is 0. The van der Waals surface area contributed by atoms with Crippen molar-refractivity contribution in [3.8, 4) is 5.75 Å². The third-order valence-electron chi connectivity index (χ3n) is 2.21. The van der Waals surface area contributed by atoms with Crippen molar-refractivity contribution in [2.24, 2.45) is 0 Å². The van der Waals surface area contributed by atoms with E-state index in [0.717, 1.165) is 25.3 Å². The van der Waals surface area contributed by atoms with Gasteiger partial charge in [-0.15, -0.1) is 0 Å². The highest BCUT2D eigenvalue weighted by atomic mass is 16.5. The van der Waals surface area contributed by atoms with Crippen molar-refractivity contribution < 1.29 is 4.74 Å². The Labute approximate surface area is 92.9 Å². The zero-order valence-electron chi connectivity index (χ0n) is 9.99. The standard InChI is InChI=1S/C13H21NO/c1-4-5-10-15-13-9-7-6-8-12(13)11-14(2)3/h6-9H,4-5,10-11H2,1-3H3. The Kier molecular flexibility index (Phi) is 5.19. The van der Waals surface area contributed by atoms with E-state index in [0.29, 0.717) is 0 Å². The van der Waals surface area contributed by atoms with Crippen LogP contribution in [0.3, 0.4) is 0 Å². The number of unbranched alkanes of at least 4 members (excludes halogenated alkanes) is 1. The van der Waals surface area contributed by atoms with E-state index in [1.807, 2.05) is 6.07 Å². The van der Waals surface area contributed by atoms with Crippen LogP contribution in [-0.4, -0.2) is 25.6 Å². The number of benzene rings is 1. The number of hydrogen-bond acceptors (Lipinski definition) is 2. The third kappa shape index (κ3) is 4.34. The summed E-state index contributed by atoms with van der Waals surface area (Å²) in [5.74, 6) is 1.03. The van der Waals surface area contributed by atoms with Crippen molar-refractivity contribution >= 4 is 0 Å². The van der Waals surface area contributed by atoms with Gasteiger partial charge in [0.05, 0.1) is 6.61 Å². The molecule has 2 heteroatoms. The van der Waals surface area contributed by atoms with Crippen molar-refractivity contribution in [2.75, 3.05) is 20.7 Å². The van der Waals surface area contributed by atoms with Gasteiger partial charge in [0, 0.05) is 12.1 Å². The zero-order chi connectivity index (χ0) is 11.1. The molecule has 0 aromatic heterocycles. The van der Waals surface area contributed by atoms with Crippen molar-refractivity contribution in [2.45, 2.75) is 26.3 Å². The highest BCUT2D eigenvalue weighted by Crippen LogP contribution is 2.19. The van der Waals surface area contributed by atoms with E-state index in [4.69, 9.17) is 4.74 Å². The second kappa shape index (κ2) is 6.46. The second-order valence-corrected chi connectivity index (χ2v) is 4.05. The molecular weight excluding hydrogens is 186 g/mol. The first-order valence-electron chi connectivity index (χ1n) is 5.59. The summed E-state index contributed by atoms with van der Waals surface area (Å²) in [6.07, 6.45) is 2.30. The maximum absolute atomic E-state index is 5.75. The first-order valence-corrected chi connectivity index (χ1v) is 5.59. The van der Waals surface area contributed by atoms with Gasteiger partial charge in [0.25, 0.3) is 0 Å². The minimum absolute atomic E-state index is 0.820. The Balaban J connectivity index is 2.60. The average molecular weight is 207 g/mol. The highest BCUT2D eigenvalue weighted by molar-refractivity contribution is 5.33. The molecule has 0 aliphatic carbocycles. The third-order valence-corrected chi connectivity index (χ3v) is 2.21.